The van der Waals surface area contributed by atoms with Crippen molar-refractivity contribution in [3.63, 3.8) is 0 Å². The van der Waals surface area contributed by atoms with Crippen molar-refractivity contribution in [2.24, 2.45) is 0 Å². The van der Waals surface area contributed by atoms with Gasteiger partial charge in [0.25, 0.3) is 0 Å². The smallest absolute Gasteiger partial charge is 0.416 e. The first-order valence-corrected chi connectivity index (χ1v) is 9.83. The van der Waals surface area contributed by atoms with Gasteiger partial charge in [-0.25, -0.2) is 4.98 Å². The van der Waals surface area contributed by atoms with Gasteiger partial charge >= 0.3 is 6.18 Å². The third kappa shape index (κ3) is 4.89. The Hall–Kier alpha value is -4.08. The topological polar surface area (TPSA) is 81.2 Å². The van der Waals surface area contributed by atoms with Gasteiger partial charge in [0, 0.05) is 23.3 Å². The molecule has 10 heteroatoms. The molecule has 0 atom stereocenters. The number of hydrogen-bond acceptors (Lipinski definition) is 7. The van der Waals surface area contributed by atoms with Gasteiger partial charge in [-0.1, -0.05) is 6.07 Å². The second-order valence-electron chi connectivity index (χ2n) is 7.17. The number of benzene rings is 2. The number of rotatable bonds is 6. The van der Waals surface area contributed by atoms with Gasteiger partial charge in [-0.05, 0) is 42.8 Å². The Bertz CT molecular complexity index is 1310. The SMILES string of the molecule is COc1cc(C)c(Nc2nccc(Nc3cnc4cc(C(F)(F)F)ccc4c3)n2)cc1OC. The molecule has 0 fully saturated rings. The Morgan fingerprint density at radius 3 is 2.36 bits per heavy atom. The molecule has 4 aromatic rings. The molecule has 0 saturated heterocycles. The summed E-state index contributed by atoms with van der Waals surface area (Å²) < 4.78 is 49.4. The first-order valence-electron chi connectivity index (χ1n) is 9.83. The number of fused-ring (bicyclic) bond motifs is 1. The largest absolute Gasteiger partial charge is 0.493 e. The summed E-state index contributed by atoms with van der Waals surface area (Å²) in [6, 6.07) is 10.5. The van der Waals surface area contributed by atoms with Crippen LogP contribution in [0.3, 0.4) is 0 Å². The fraction of sp³-hybridized carbons (Fsp3) is 0.174. The Balaban J connectivity index is 1.55. The zero-order valence-electron chi connectivity index (χ0n) is 18.0. The van der Waals surface area contributed by atoms with Crippen molar-refractivity contribution in [3.8, 4) is 11.5 Å². The quantitative estimate of drug-likeness (QED) is 0.377. The molecule has 4 rings (SSSR count). The molecule has 0 radical (unpaired) electrons. The Morgan fingerprint density at radius 1 is 0.879 bits per heavy atom. The maximum absolute atomic E-state index is 12.9. The molecule has 0 aliphatic heterocycles. The monoisotopic (exact) mass is 455 g/mol. The van der Waals surface area contributed by atoms with Crippen LogP contribution < -0.4 is 20.1 Å². The third-order valence-electron chi connectivity index (χ3n) is 4.92. The molecular weight excluding hydrogens is 435 g/mol. The van der Waals surface area contributed by atoms with E-state index in [0.717, 1.165) is 23.4 Å². The standard InChI is InChI=1S/C23H20F3N5O2/c1-13-8-19(32-2)20(33-3)11-17(13)30-22-27-7-6-21(31-22)29-16-9-14-4-5-15(23(24,25)26)10-18(14)28-12-16/h4-12H,1-3H3,(H2,27,29,30,31). The van der Waals surface area contributed by atoms with Gasteiger partial charge in [0.1, 0.15) is 5.82 Å². The van der Waals surface area contributed by atoms with Crippen LogP contribution in [0.4, 0.5) is 36.3 Å². The Morgan fingerprint density at radius 2 is 1.64 bits per heavy atom. The number of pyridine rings is 1. The lowest BCUT2D eigenvalue weighted by atomic mass is 10.1. The van der Waals surface area contributed by atoms with Gasteiger partial charge < -0.3 is 20.1 Å². The number of nitrogens with one attached hydrogen (secondary N) is 2. The molecule has 33 heavy (non-hydrogen) atoms. The van der Waals surface area contributed by atoms with Crippen LogP contribution in [-0.2, 0) is 6.18 Å². The number of halogens is 3. The molecule has 0 amide bonds. The molecule has 2 heterocycles. The average Bonchev–Trinajstić information content (AvgIpc) is 2.79. The maximum atomic E-state index is 12.9. The van der Waals surface area contributed by atoms with E-state index in [-0.39, 0.29) is 5.52 Å². The number of alkyl halides is 3. The number of nitrogens with zero attached hydrogens (tertiary/aromatic N) is 3. The molecule has 2 aromatic heterocycles. The minimum absolute atomic E-state index is 0.254. The minimum atomic E-state index is -4.41. The maximum Gasteiger partial charge on any atom is 0.416 e. The van der Waals surface area contributed by atoms with E-state index in [0.29, 0.717) is 34.3 Å². The van der Waals surface area contributed by atoms with Gasteiger partial charge in [-0.3, -0.25) is 4.98 Å². The molecule has 2 N–H and O–H groups in total. The summed E-state index contributed by atoms with van der Waals surface area (Å²) in [5.74, 6) is 2.01. The first-order chi connectivity index (χ1) is 15.8. The normalized spacial score (nSPS) is 11.3. The van der Waals surface area contributed by atoms with E-state index in [1.54, 1.807) is 38.6 Å². The van der Waals surface area contributed by atoms with Crippen molar-refractivity contribution < 1.29 is 22.6 Å². The molecule has 170 valence electrons. The summed E-state index contributed by atoms with van der Waals surface area (Å²) >= 11 is 0. The zero-order chi connectivity index (χ0) is 23.6. The van der Waals surface area contributed by atoms with Crippen LogP contribution in [0.15, 0.2) is 54.9 Å². The van der Waals surface area contributed by atoms with Crippen molar-refractivity contribution in [3.05, 3.63) is 66.0 Å². The van der Waals surface area contributed by atoms with Crippen molar-refractivity contribution in [2.45, 2.75) is 13.1 Å². The fourth-order valence-corrected chi connectivity index (χ4v) is 3.24. The summed E-state index contributed by atoms with van der Waals surface area (Å²) in [4.78, 5) is 12.8. The van der Waals surface area contributed by atoms with Crippen molar-refractivity contribution >= 4 is 34.0 Å². The van der Waals surface area contributed by atoms with Crippen LogP contribution in [0.1, 0.15) is 11.1 Å². The number of methoxy groups -OCH3 is 2. The van der Waals surface area contributed by atoms with Crippen molar-refractivity contribution in [1.29, 1.82) is 0 Å². The second kappa shape index (κ2) is 8.81. The molecule has 0 aliphatic rings. The summed E-state index contributed by atoms with van der Waals surface area (Å²) in [5.41, 5.74) is 1.75. The van der Waals surface area contributed by atoms with Gasteiger partial charge in [-0.2, -0.15) is 18.2 Å². The highest BCUT2D eigenvalue weighted by Crippen LogP contribution is 2.34. The van der Waals surface area contributed by atoms with Crippen LogP contribution in [0.5, 0.6) is 11.5 Å². The van der Waals surface area contributed by atoms with Crippen LogP contribution in [0.25, 0.3) is 10.9 Å². The molecule has 0 unspecified atom stereocenters. The van der Waals surface area contributed by atoms with E-state index < -0.39 is 11.7 Å². The highest BCUT2D eigenvalue weighted by molar-refractivity contribution is 5.83. The van der Waals surface area contributed by atoms with E-state index in [4.69, 9.17) is 9.47 Å². The fourth-order valence-electron chi connectivity index (χ4n) is 3.24. The lowest BCUT2D eigenvalue weighted by Gasteiger charge is -2.14. The first kappa shape index (κ1) is 22.1. The average molecular weight is 455 g/mol. The van der Waals surface area contributed by atoms with Gasteiger partial charge in [-0.15, -0.1) is 0 Å². The molecule has 0 spiro atoms. The predicted molar refractivity (Wildman–Crippen MR) is 120 cm³/mol. The number of ether oxygens (including phenoxy) is 2. The molecule has 2 aromatic carbocycles. The third-order valence-corrected chi connectivity index (χ3v) is 4.92. The summed E-state index contributed by atoms with van der Waals surface area (Å²) in [5, 5.41) is 6.83. The van der Waals surface area contributed by atoms with E-state index >= 15 is 0 Å². The lowest BCUT2D eigenvalue weighted by molar-refractivity contribution is -0.137. The molecule has 0 aliphatic carbocycles. The number of aromatic nitrogens is 3. The summed E-state index contributed by atoms with van der Waals surface area (Å²) in [6.07, 6.45) is -1.38. The van der Waals surface area contributed by atoms with E-state index in [2.05, 4.69) is 25.6 Å². The van der Waals surface area contributed by atoms with Crippen molar-refractivity contribution in [1.82, 2.24) is 15.0 Å². The van der Waals surface area contributed by atoms with Crippen LogP contribution in [-0.4, -0.2) is 29.2 Å². The van der Waals surface area contributed by atoms with E-state index in [9.17, 15) is 13.2 Å². The van der Waals surface area contributed by atoms with E-state index in [1.165, 1.54) is 12.3 Å². The summed E-state index contributed by atoms with van der Waals surface area (Å²) in [6.45, 7) is 1.91. The molecule has 7 nitrogen and oxygen atoms in total. The Labute approximate surface area is 187 Å². The van der Waals surface area contributed by atoms with Gasteiger partial charge in [0.15, 0.2) is 11.5 Å². The predicted octanol–water partition coefficient (Wildman–Crippen LogP) is 5.86. The number of hydrogen-bond donors (Lipinski definition) is 2. The van der Waals surface area contributed by atoms with E-state index in [1.807, 2.05) is 13.0 Å². The van der Waals surface area contributed by atoms with Crippen LogP contribution in [0.2, 0.25) is 0 Å². The highest BCUT2D eigenvalue weighted by Gasteiger charge is 2.30. The van der Waals surface area contributed by atoms with Crippen molar-refractivity contribution in [2.75, 3.05) is 24.9 Å². The van der Waals surface area contributed by atoms with Crippen LogP contribution in [0, 0.1) is 6.92 Å². The molecule has 0 saturated carbocycles. The lowest BCUT2D eigenvalue weighted by Crippen LogP contribution is -2.04. The number of anilines is 4. The number of aryl methyl sites for hydroxylation is 1. The van der Waals surface area contributed by atoms with Gasteiger partial charge in [0.05, 0.1) is 37.2 Å². The zero-order valence-corrected chi connectivity index (χ0v) is 18.0. The van der Waals surface area contributed by atoms with Crippen LogP contribution >= 0.6 is 0 Å². The second-order valence-corrected chi connectivity index (χ2v) is 7.17. The van der Waals surface area contributed by atoms with Gasteiger partial charge in [0.2, 0.25) is 5.95 Å². The summed E-state index contributed by atoms with van der Waals surface area (Å²) in [7, 11) is 3.12. The Kier molecular flexibility index (Phi) is 5.91. The molecule has 0 bridgehead atoms. The minimum Gasteiger partial charge on any atom is -0.493 e. The highest BCUT2D eigenvalue weighted by atomic mass is 19.4. The molecular formula is C23H20F3N5O2.